The van der Waals surface area contributed by atoms with Gasteiger partial charge in [-0.15, -0.1) is 0 Å². The Hall–Kier alpha value is -2.53. The molecule has 1 atom stereocenters. The van der Waals surface area contributed by atoms with Crippen molar-refractivity contribution in [1.82, 2.24) is 14.8 Å². The first-order chi connectivity index (χ1) is 14.2. The Morgan fingerprint density at radius 2 is 1.62 bits per heavy atom. The largest absolute Gasteiger partial charge is 0.334 e. The van der Waals surface area contributed by atoms with E-state index in [-0.39, 0.29) is 17.6 Å². The molecule has 0 bridgehead atoms. The lowest BCUT2D eigenvalue weighted by atomic mass is 9.81. The molecule has 1 aromatic heterocycles. The predicted octanol–water partition coefficient (Wildman–Crippen LogP) is 4.04. The van der Waals surface area contributed by atoms with E-state index in [0.717, 1.165) is 44.5 Å². The van der Waals surface area contributed by atoms with Crippen molar-refractivity contribution in [2.45, 2.75) is 32.4 Å². The molecule has 2 aliphatic rings. The molecular formula is C24H28FN3O. The van der Waals surface area contributed by atoms with E-state index in [2.05, 4.69) is 34.2 Å². The summed E-state index contributed by atoms with van der Waals surface area (Å²) in [5.74, 6) is 0.478. The predicted molar refractivity (Wildman–Crippen MR) is 111 cm³/mol. The normalized spacial score (nSPS) is 21.3. The van der Waals surface area contributed by atoms with E-state index in [1.165, 1.54) is 17.7 Å². The van der Waals surface area contributed by atoms with Crippen LogP contribution < -0.4 is 0 Å². The summed E-state index contributed by atoms with van der Waals surface area (Å²) in [4.78, 5) is 21.8. The lowest BCUT2D eigenvalue weighted by Gasteiger charge is -2.36. The fourth-order valence-electron chi connectivity index (χ4n) is 4.48. The summed E-state index contributed by atoms with van der Waals surface area (Å²) in [5.41, 5.74) is 2.26. The molecule has 1 saturated heterocycles. The van der Waals surface area contributed by atoms with Crippen LogP contribution in [0.25, 0.3) is 0 Å². The SMILES string of the molecule is O=C1C(C2CCN(Cc3ccncc3)CC2)CC=CCN1Cc1ccc(F)cc1. The molecule has 5 heteroatoms. The highest BCUT2D eigenvalue weighted by molar-refractivity contribution is 5.80. The number of amides is 1. The van der Waals surface area contributed by atoms with Gasteiger partial charge in [-0.2, -0.15) is 0 Å². The zero-order chi connectivity index (χ0) is 20.1. The molecule has 152 valence electrons. The highest BCUT2D eigenvalue weighted by Gasteiger charge is 2.34. The maximum Gasteiger partial charge on any atom is 0.226 e. The summed E-state index contributed by atoms with van der Waals surface area (Å²) in [7, 11) is 0. The van der Waals surface area contributed by atoms with Gasteiger partial charge in [0.15, 0.2) is 0 Å². The van der Waals surface area contributed by atoms with Crippen LogP contribution in [-0.4, -0.2) is 40.3 Å². The molecule has 1 fully saturated rings. The first kappa shape index (κ1) is 19.8. The highest BCUT2D eigenvalue weighted by Crippen LogP contribution is 2.31. The van der Waals surface area contributed by atoms with E-state index < -0.39 is 0 Å². The Bertz CT molecular complexity index is 829. The number of hydrogen-bond donors (Lipinski definition) is 0. The number of halogens is 1. The van der Waals surface area contributed by atoms with Crippen molar-refractivity contribution in [3.63, 3.8) is 0 Å². The Kier molecular flexibility index (Phi) is 6.35. The van der Waals surface area contributed by atoms with E-state index in [1.807, 2.05) is 17.3 Å². The van der Waals surface area contributed by atoms with Crippen molar-refractivity contribution < 1.29 is 9.18 Å². The fraction of sp³-hybridized carbons (Fsp3) is 0.417. The Balaban J connectivity index is 1.35. The minimum atomic E-state index is -0.243. The number of allylic oxidation sites excluding steroid dienone is 1. The number of pyridine rings is 1. The minimum absolute atomic E-state index is 0.0530. The van der Waals surface area contributed by atoms with Crippen LogP contribution in [0.5, 0.6) is 0 Å². The van der Waals surface area contributed by atoms with Crippen LogP contribution in [0.1, 0.15) is 30.4 Å². The molecule has 0 radical (unpaired) electrons. The number of rotatable bonds is 5. The van der Waals surface area contributed by atoms with Crippen molar-refractivity contribution in [1.29, 1.82) is 0 Å². The molecule has 3 heterocycles. The topological polar surface area (TPSA) is 36.4 Å². The molecule has 2 aromatic rings. The first-order valence-corrected chi connectivity index (χ1v) is 10.5. The van der Waals surface area contributed by atoms with Gasteiger partial charge in [-0.05, 0) is 73.7 Å². The van der Waals surface area contributed by atoms with Gasteiger partial charge in [0.2, 0.25) is 5.91 Å². The van der Waals surface area contributed by atoms with Crippen molar-refractivity contribution in [3.8, 4) is 0 Å². The third kappa shape index (κ3) is 5.10. The van der Waals surface area contributed by atoms with Crippen molar-refractivity contribution in [3.05, 3.63) is 77.9 Å². The third-order valence-electron chi connectivity index (χ3n) is 6.15. The molecule has 1 aromatic carbocycles. The number of carbonyl (C=O) groups excluding carboxylic acids is 1. The summed E-state index contributed by atoms with van der Waals surface area (Å²) in [6.45, 7) is 4.18. The van der Waals surface area contributed by atoms with Crippen LogP contribution in [0, 0.1) is 17.7 Å². The second-order valence-corrected chi connectivity index (χ2v) is 8.13. The highest BCUT2D eigenvalue weighted by atomic mass is 19.1. The molecular weight excluding hydrogens is 365 g/mol. The van der Waals surface area contributed by atoms with Crippen LogP contribution in [0.15, 0.2) is 60.9 Å². The van der Waals surface area contributed by atoms with E-state index in [9.17, 15) is 9.18 Å². The van der Waals surface area contributed by atoms with E-state index in [1.54, 1.807) is 12.1 Å². The minimum Gasteiger partial charge on any atom is -0.334 e. The zero-order valence-electron chi connectivity index (χ0n) is 16.7. The van der Waals surface area contributed by atoms with Gasteiger partial charge in [0.05, 0.1) is 0 Å². The average Bonchev–Trinajstić information content (AvgIpc) is 2.93. The Morgan fingerprint density at radius 3 is 2.34 bits per heavy atom. The van der Waals surface area contributed by atoms with Crippen molar-refractivity contribution in [2.75, 3.05) is 19.6 Å². The number of piperidine rings is 1. The third-order valence-corrected chi connectivity index (χ3v) is 6.15. The molecule has 4 nitrogen and oxygen atoms in total. The van der Waals surface area contributed by atoms with Crippen LogP contribution >= 0.6 is 0 Å². The number of nitrogens with zero attached hydrogens (tertiary/aromatic N) is 3. The van der Waals surface area contributed by atoms with Gasteiger partial charge in [-0.1, -0.05) is 24.3 Å². The summed E-state index contributed by atoms with van der Waals surface area (Å²) < 4.78 is 13.2. The number of likely N-dealkylation sites (tertiary alicyclic amines) is 1. The Labute approximate surface area is 172 Å². The Morgan fingerprint density at radius 1 is 0.931 bits per heavy atom. The molecule has 0 saturated carbocycles. The lowest BCUT2D eigenvalue weighted by molar-refractivity contribution is -0.137. The van der Waals surface area contributed by atoms with Crippen LogP contribution in [0.4, 0.5) is 4.39 Å². The first-order valence-electron chi connectivity index (χ1n) is 10.5. The van der Waals surface area contributed by atoms with E-state index >= 15 is 0 Å². The molecule has 1 amide bonds. The van der Waals surface area contributed by atoms with Crippen LogP contribution in [0.3, 0.4) is 0 Å². The van der Waals surface area contributed by atoms with Gasteiger partial charge in [0.25, 0.3) is 0 Å². The van der Waals surface area contributed by atoms with Gasteiger partial charge < -0.3 is 4.90 Å². The summed E-state index contributed by atoms with van der Waals surface area (Å²) >= 11 is 0. The quantitative estimate of drug-likeness (QED) is 0.720. The molecule has 2 aliphatic heterocycles. The molecule has 0 aliphatic carbocycles. The fourth-order valence-corrected chi connectivity index (χ4v) is 4.48. The number of aromatic nitrogens is 1. The lowest BCUT2D eigenvalue weighted by Crippen LogP contribution is -2.42. The van der Waals surface area contributed by atoms with Gasteiger partial charge in [-0.3, -0.25) is 14.7 Å². The molecule has 4 rings (SSSR count). The summed E-state index contributed by atoms with van der Waals surface area (Å²) in [5, 5.41) is 0. The average molecular weight is 394 g/mol. The number of benzene rings is 1. The molecule has 1 unspecified atom stereocenters. The van der Waals surface area contributed by atoms with Crippen LogP contribution in [-0.2, 0) is 17.9 Å². The van der Waals surface area contributed by atoms with Crippen molar-refractivity contribution >= 4 is 5.91 Å². The van der Waals surface area contributed by atoms with Gasteiger partial charge >= 0.3 is 0 Å². The van der Waals surface area contributed by atoms with Gasteiger partial charge in [0, 0.05) is 37.9 Å². The second kappa shape index (κ2) is 9.31. The van der Waals surface area contributed by atoms with E-state index in [4.69, 9.17) is 0 Å². The van der Waals surface area contributed by atoms with E-state index in [0.29, 0.717) is 19.0 Å². The molecule has 0 spiro atoms. The zero-order valence-corrected chi connectivity index (χ0v) is 16.7. The maximum absolute atomic E-state index is 13.3. The monoisotopic (exact) mass is 393 g/mol. The number of carbonyl (C=O) groups is 1. The van der Waals surface area contributed by atoms with Crippen molar-refractivity contribution in [2.24, 2.45) is 11.8 Å². The summed E-state index contributed by atoms with van der Waals surface area (Å²) in [6, 6.07) is 10.6. The maximum atomic E-state index is 13.3. The smallest absolute Gasteiger partial charge is 0.226 e. The number of hydrogen-bond acceptors (Lipinski definition) is 3. The standard InChI is InChI=1S/C24H28FN3O/c25-22-6-4-19(5-7-22)18-28-14-2-1-3-23(24(28)29)21-10-15-27(16-11-21)17-20-8-12-26-13-9-20/h1-2,4-9,12-13,21,23H,3,10-11,14-18H2. The van der Waals surface area contributed by atoms with Crippen LogP contribution in [0.2, 0.25) is 0 Å². The summed E-state index contributed by atoms with van der Waals surface area (Å²) in [6.07, 6.45) is 10.9. The molecule has 29 heavy (non-hydrogen) atoms. The molecule has 0 N–H and O–H groups in total. The second-order valence-electron chi connectivity index (χ2n) is 8.13. The van der Waals surface area contributed by atoms with Gasteiger partial charge in [-0.25, -0.2) is 4.39 Å². The van der Waals surface area contributed by atoms with Gasteiger partial charge in [0.1, 0.15) is 5.82 Å².